The maximum absolute atomic E-state index is 11.1. The van der Waals surface area contributed by atoms with Gasteiger partial charge >= 0.3 is 11.9 Å². The highest BCUT2D eigenvalue weighted by atomic mass is 16.4. The van der Waals surface area contributed by atoms with Crippen LogP contribution in [0.3, 0.4) is 0 Å². The Labute approximate surface area is 169 Å². The number of aromatic nitrogens is 1. The van der Waals surface area contributed by atoms with Crippen LogP contribution < -0.4 is 0 Å². The number of phenolic OH excluding ortho intramolecular Hbond substituents is 1. The molecule has 0 aliphatic carbocycles. The van der Waals surface area contributed by atoms with E-state index in [9.17, 15) is 14.7 Å². The second-order valence-electron chi connectivity index (χ2n) is 6.33. The molecule has 2 aromatic carbocycles. The maximum Gasteiger partial charge on any atom is 0.311 e. The van der Waals surface area contributed by atoms with Gasteiger partial charge in [0.25, 0.3) is 0 Å². The molecule has 1 heterocycles. The highest BCUT2D eigenvalue weighted by Crippen LogP contribution is 2.32. The van der Waals surface area contributed by atoms with E-state index in [1.165, 1.54) is 0 Å². The van der Waals surface area contributed by atoms with E-state index in [4.69, 9.17) is 10.2 Å². The zero-order valence-electron chi connectivity index (χ0n) is 16.0. The number of carbonyl (C=O) groups is 2. The van der Waals surface area contributed by atoms with Crippen molar-refractivity contribution < 1.29 is 24.9 Å². The van der Waals surface area contributed by atoms with Gasteiger partial charge < -0.3 is 15.3 Å². The first-order valence-corrected chi connectivity index (χ1v) is 9.15. The standard InChI is InChI=1S/C16H16O3.C7H7NO2/c1-2-13(16(18)19)14-9-8-12(10-15(14)17)11-6-4-3-5-7-11;9-7(10)5-6-3-1-2-4-8-6/h3-10,13,17H,2H2,1H3,(H,18,19);1-4H,5H2,(H,9,10). The number of rotatable bonds is 6. The van der Waals surface area contributed by atoms with Crippen LogP contribution in [0.4, 0.5) is 0 Å². The second kappa shape index (κ2) is 10.6. The first-order valence-electron chi connectivity index (χ1n) is 9.15. The zero-order chi connectivity index (χ0) is 21.2. The monoisotopic (exact) mass is 393 g/mol. The van der Waals surface area contributed by atoms with Crippen LogP contribution in [0.15, 0.2) is 72.9 Å². The van der Waals surface area contributed by atoms with Gasteiger partial charge in [-0.15, -0.1) is 0 Å². The molecule has 150 valence electrons. The minimum atomic E-state index is -0.912. The van der Waals surface area contributed by atoms with Crippen LogP contribution in [0, 0.1) is 0 Å². The van der Waals surface area contributed by atoms with E-state index in [1.807, 2.05) is 36.4 Å². The molecule has 29 heavy (non-hydrogen) atoms. The Balaban J connectivity index is 0.000000253. The Hall–Kier alpha value is -3.67. The molecule has 6 heteroatoms. The molecule has 0 amide bonds. The van der Waals surface area contributed by atoms with Crippen LogP contribution in [0.25, 0.3) is 11.1 Å². The predicted octanol–water partition coefficient (Wildman–Crippen LogP) is 4.35. The van der Waals surface area contributed by atoms with E-state index in [2.05, 4.69) is 4.98 Å². The van der Waals surface area contributed by atoms with E-state index in [0.717, 1.165) is 11.1 Å². The third-order valence-corrected chi connectivity index (χ3v) is 4.28. The van der Waals surface area contributed by atoms with Crippen LogP contribution >= 0.6 is 0 Å². The van der Waals surface area contributed by atoms with Crippen LogP contribution in [-0.4, -0.2) is 32.2 Å². The molecule has 0 fully saturated rings. The molecule has 6 nitrogen and oxygen atoms in total. The molecule has 3 aromatic rings. The first kappa shape index (κ1) is 21.6. The molecule has 0 saturated carbocycles. The average Bonchev–Trinajstić information content (AvgIpc) is 2.71. The minimum Gasteiger partial charge on any atom is -0.508 e. The largest absolute Gasteiger partial charge is 0.508 e. The fraction of sp³-hybridized carbons (Fsp3) is 0.174. The Morgan fingerprint density at radius 1 is 0.931 bits per heavy atom. The number of phenols is 1. The maximum atomic E-state index is 11.1. The Morgan fingerprint density at radius 3 is 2.14 bits per heavy atom. The Bertz CT molecular complexity index is 942. The van der Waals surface area contributed by atoms with Gasteiger partial charge in [0.15, 0.2) is 0 Å². The van der Waals surface area contributed by atoms with E-state index in [-0.39, 0.29) is 12.2 Å². The van der Waals surface area contributed by atoms with Crippen LogP contribution in [0.1, 0.15) is 30.5 Å². The van der Waals surface area contributed by atoms with Gasteiger partial charge in [0.05, 0.1) is 18.0 Å². The number of benzene rings is 2. The molecule has 0 aliphatic rings. The molecule has 3 rings (SSSR count). The lowest BCUT2D eigenvalue weighted by molar-refractivity contribution is -0.139. The highest BCUT2D eigenvalue weighted by Gasteiger charge is 2.21. The lowest BCUT2D eigenvalue weighted by Gasteiger charge is -2.13. The van der Waals surface area contributed by atoms with E-state index >= 15 is 0 Å². The van der Waals surface area contributed by atoms with Gasteiger partial charge in [-0.1, -0.05) is 55.5 Å². The number of hydrogen-bond acceptors (Lipinski definition) is 4. The lowest BCUT2D eigenvalue weighted by atomic mass is 9.93. The van der Waals surface area contributed by atoms with Crippen LogP contribution in [-0.2, 0) is 16.0 Å². The van der Waals surface area contributed by atoms with Gasteiger partial charge in [0.1, 0.15) is 5.75 Å². The molecule has 0 saturated heterocycles. The van der Waals surface area contributed by atoms with Gasteiger partial charge in [-0.25, -0.2) is 0 Å². The van der Waals surface area contributed by atoms with Crippen molar-refractivity contribution in [2.75, 3.05) is 0 Å². The SMILES string of the molecule is CCC(C(=O)O)c1ccc(-c2ccccc2)cc1O.O=C(O)Cc1ccccn1. The summed E-state index contributed by atoms with van der Waals surface area (Å²) in [6.07, 6.45) is 2.03. The molecule has 1 aromatic heterocycles. The number of hydrogen-bond donors (Lipinski definition) is 3. The fourth-order valence-electron chi connectivity index (χ4n) is 2.83. The quantitative estimate of drug-likeness (QED) is 0.575. The van der Waals surface area contributed by atoms with Crippen molar-refractivity contribution in [3.8, 4) is 16.9 Å². The number of carboxylic acids is 2. The van der Waals surface area contributed by atoms with Gasteiger partial charge in [-0.3, -0.25) is 14.6 Å². The summed E-state index contributed by atoms with van der Waals surface area (Å²) in [6, 6.07) is 20.0. The topological polar surface area (TPSA) is 108 Å². The van der Waals surface area contributed by atoms with Crippen molar-refractivity contribution >= 4 is 11.9 Å². The normalized spacial score (nSPS) is 11.1. The molecule has 1 unspecified atom stereocenters. The van der Waals surface area contributed by atoms with Crippen molar-refractivity contribution in [2.45, 2.75) is 25.7 Å². The average molecular weight is 393 g/mol. The van der Waals surface area contributed by atoms with Crippen LogP contribution in [0.5, 0.6) is 5.75 Å². The molecule has 0 aliphatic heterocycles. The Morgan fingerprint density at radius 2 is 1.62 bits per heavy atom. The summed E-state index contributed by atoms with van der Waals surface area (Å²) in [5.74, 6) is -2.38. The summed E-state index contributed by atoms with van der Waals surface area (Å²) in [7, 11) is 0. The summed E-state index contributed by atoms with van der Waals surface area (Å²) >= 11 is 0. The number of pyridine rings is 1. The number of aliphatic carboxylic acids is 2. The van der Waals surface area contributed by atoms with Gasteiger partial charge in [-0.05, 0) is 35.7 Å². The summed E-state index contributed by atoms with van der Waals surface area (Å²) in [6.45, 7) is 1.79. The lowest BCUT2D eigenvalue weighted by Crippen LogP contribution is -2.10. The molecule has 1 atom stereocenters. The van der Waals surface area contributed by atoms with Crippen molar-refractivity contribution in [1.29, 1.82) is 0 Å². The summed E-state index contributed by atoms with van der Waals surface area (Å²) in [5.41, 5.74) is 2.93. The third-order valence-electron chi connectivity index (χ3n) is 4.28. The number of carboxylic acid groups (broad SMARTS) is 2. The van der Waals surface area contributed by atoms with Crippen molar-refractivity contribution in [2.24, 2.45) is 0 Å². The van der Waals surface area contributed by atoms with Crippen molar-refractivity contribution in [3.63, 3.8) is 0 Å². The molecule has 0 bridgehead atoms. The van der Waals surface area contributed by atoms with Crippen LogP contribution in [0.2, 0.25) is 0 Å². The number of aromatic hydroxyl groups is 1. The fourth-order valence-corrected chi connectivity index (χ4v) is 2.83. The highest BCUT2D eigenvalue weighted by molar-refractivity contribution is 5.78. The van der Waals surface area contributed by atoms with Crippen molar-refractivity contribution in [1.82, 2.24) is 4.98 Å². The third kappa shape index (κ3) is 6.46. The summed E-state index contributed by atoms with van der Waals surface area (Å²) in [5, 5.41) is 27.5. The molecule has 3 N–H and O–H groups in total. The van der Waals surface area contributed by atoms with E-state index < -0.39 is 17.9 Å². The summed E-state index contributed by atoms with van der Waals surface area (Å²) in [4.78, 5) is 25.1. The van der Waals surface area contributed by atoms with Gasteiger partial charge in [0.2, 0.25) is 0 Å². The molecular weight excluding hydrogens is 370 g/mol. The minimum absolute atomic E-state index is 0.000833. The van der Waals surface area contributed by atoms with Gasteiger partial charge in [0, 0.05) is 11.8 Å². The first-order chi connectivity index (χ1) is 13.9. The predicted molar refractivity (Wildman–Crippen MR) is 110 cm³/mol. The molecule has 0 radical (unpaired) electrons. The molecule has 0 spiro atoms. The molecular formula is C23H23NO5. The summed E-state index contributed by atoms with van der Waals surface area (Å²) < 4.78 is 0. The number of nitrogens with zero attached hydrogens (tertiary/aromatic N) is 1. The van der Waals surface area contributed by atoms with E-state index in [0.29, 0.717) is 17.7 Å². The Kier molecular flexibility index (Phi) is 7.91. The van der Waals surface area contributed by atoms with E-state index in [1.54, 1.807) is 43.5 Å². The van der Waals surface area contributed by atoms with Crippen molar-refractivity contribution in [3.05, 3.63) is 84.2 Å². The second-order valence-corrected chi connectivity index (χ2v) is 6.33. The van der Waals surface area contributed by atoms with Gasteiger partial charge in [-0.2, -0.15) is 0 Å². The smallest absolute Gasteiger partial charge is 0.311 e. The zero-order valence-corrected chi connectivity index (χ0v) is 16.0.